The number of nitrogens with zero attached hydrogens (tertiary/aromatic N) is 2. The number of halogens is 1. The summed E-state index contributed by atoms with van der Waals surface area (Å²) in [5, 5.41) is 6.88. The topological polar surface area (TPSA) is 64.7 Å². The molecule has 0 radical (unpaired) electrons. The molecular weight excluding hydrogens is 575 g/mol. The van der Waals surface area contributed by atoms with Crippen LogP contribution < -0.4 is 15.5 Å². The summed E-state index contributed by atoms with van der Waals surface area (Å²) in [4.78, 5) is 32.0. The average Bonchev–Trinajstić information content (AvgIpc) is 3.61. The standard InChI is InChI=1S/C39H49FN4O2/c1-3-28-16-21-33(26-35(28)43-22-7-8-23-43)42-36(45)25-30-12-10-24-44(39(46)37-27(2)11-9-15-34(37)40)38(30)29-17-19-32(20-18-29)41-31-13-5-4-6-14-31/h9,11,15-21,26,30-31,38,41H,3-8,10,12-14,22-25H2,1-2H3,(H,42,45)/t30?,38-/m0/s1. The fourth-order valence-electron chi connectivity index (χ4n) is 7.92. The number of piperidine rings is 1. The predicted molar refractivity (Wildman–Crippen MR) is 185 cm³/mol. The van der Waals surface area contributed by atoms with E-state index in [-0.39, 0.29) is 35.8 Å². The van der Waals surface area contributed by atoms with Gasteiger partial charge in [0.2, 0.25) is 5.91 Å². The summed E-state index contributed by atoms with van der Waals surface area (Å²) >= 11 is 0. The number of anilines is 3. The van der Waals surface area contributed by atoms with Crippen LogP contribution in [0.4, 0.5) is 21.5 Å². The molecule has 3 fully saturated rings. The minimum absolute atomic E-state index is 0.0569. The lowest BCUT2D eigenvalue weighted by Crippen LogP contribution is -2.44. The molecule has 244 valence electrons. The fraction of sp³-hybridized carbons (Fsp3) is 0.487. The van der Waals surface area contributed by atoms with Crippen LogP contribution in [0.15, 0.2) is 60.7 Å². The molecule has 2 heterocycles. The fourth-order valence-corrected chi connectivity index (χ4v) is 7.92. The van der Waals surface area contributed by atoms with Crippen LogP contribution in [0.5, 0.6) is 0 Å². The van der Waals surface area contributed by atoms with Crippen molar-refractivity contribution in [1.82, 2.24) is 4.90 Å². The summed E-state index contributed by atoms with van der Waals surface area (Å²) in [6, 6.07) is 19.6. The van der Waals surface area contributed by atoms with Gasteiger partial charge in [0.05, 0.1) is 11.6 Å². The largest absolute Gasteiger partial charge is 0.382 e. The monoisotopic (exact) mass is 624 g/mol. The number of carbonyl (C=O) groups is 2. The van der Waals surface area contributed by atoms with Gasteiger partial charge in [0.15, 0.2) is 0 Å². The van der Waals surface area contributed by atoms with Crippen molar-refractivity contribution in [2.45, 2.75) is 96.6 Å². The number of hydrogen-bond donors (Lipinski definition) is 2. The zero-order valence-corrected chi connectivity index (χ0v) is 27.5. The van der Waals surface area contributed by atoms with Crippen molar-refractivity contribution in [1.29, 1.82) is 0 Å². The maximum Gasteiger partial charge on any atom is 0.257 e. The summed E-state index contributed by atoms with van der Waals surface area (Å²) < 4.78 is 15.1. The molecule has 46 heavy (non-hydrogen) atoms. The van der Waals surface area contributed by atoms with Gasteiger partial charge in [0, 0.05) is 49.2 Å². The van der Waals surface area contributed by atoms with Crippen molar-refractivity contribution in [3.63, 3.8) is 0 Å². The Balaban J connectivity index is 1.25. The van der Waals surface area contributed by atoms with Crippen LogP contribution in [-0.2, 0) is 11.2 Å². The first-order valence-electron chi connectivity index (χ1n) is 17.5. The molecule has 2 saturated heterocycles. The summed E-state index contributed by atoms with van der Waals surface area (Å²) in [5.41, 5.74) is 6.13. The molecule has 3 aliphatic rings. The van der Waals surface area contributed by atoms with Crippen molar-refractivity contribution in [3.8, 4) is 0 Å². The van der Waals surface area contributed by atoms with Gasteiger partial charge in [0.25, 0.3) is 5.91 Å². The molecule has 6 rings (SSSR count). The first kappa shape index (κ1) is 32.1. The molecule has 7 heteroatoms. The van der Waals surface area contributed by atoms with E-state index in [9.17, 15) is 9.59 Å². The number of rotatable bonds is 9. The number of hydrogen-bond acceptors (Lipinski definition) is 4. The summed E-state index contributed by atoms with van der Waals surface area (Å²) in [5.74, 6) is -0.964. The molecule has 6 nitrogen and oxygen atoms in total. The molecule has 0 spiro atoms. The van der Waals surface area contributed by atoms with Gasteiger partial charge in [-0.2, -0.15) is 0 Å². The van der Waals surface area contributed by atoms with Gasteiger partial charge in [-0.25, -0.2) is 4.39 Å². The molecular formula is C39H49FN4O2. The highest BCUT2D eigenvalue weighted by molar-refractivity contribution is 5.96. The molecule has 1 aliphatic carbocycles. The lowest BCUT2D eigenvalue weighted by atomic mass is 9.81. The quantitative estimate of drug-likeness (QED) is 0.250. The molecule has 2 amide bonds. The lowest BCUT2D eigenvalue weighted by Gasteiger charge is -2.42. The Morgan fingerprint density at radius 1 is 0.848 bits per heavy atom. The van der Waals surface area contributed by atoms with E-state index in [2.05, 4.69) is 58.9 Å². The highest BCUT2D eigenvalue weighted by Gasteiger charge is 2.38. The van der Waals surface area contributed by atoms with Crippen molar-refractivity contribution in [2.75, 3.05) is 35.2 Å². The van der Waals surface area contributed by atoms with Gasteiger partial charge in [-0.1, -0.05) is 56.5 Å². The van der Waals surface area contributed by atoms with Gasteiger partial charge in [-0.15, -0.1) is 0 Å². The minimum Gasteiger partial charge on any atom is -0.382 e. The Hall–Kier alpha value is -3.87. The second-order valence-corrected chi connectivity index (χ2v) is 13.5. The first-order valence-corrected chi connectivity index (χ1v) is 17.5. The van der Waals surface area contributed by atoms with E-state index >= 15 is 4.39 Å². The van der Waals surface area contributed by atoms with Crippen molar-refractivity contribution in [3.05, 3.63) is 88.7 Å². The van der Waals surface area contributed by atoms with Gasteiger partial charge in [-0.05, 0) is 105 Å². The minimum atomic E-state index is -0.500. The van der Waals surface area contributed by atoms with Crippen molar-refractivity contribution >= 4 is 28.9 Å². The Morgan fingerprint density at radius 3 is 2.30 bits per heavy atom. The number of benzene rings is 3. The van der Waals surface area contributed by atoms with Gasteiger partial charge < -0.3 is 20.4 Å². The second kappa shape index (κ2) is 14.7. The van der Waals surface area contributed by atoms with E-state index in [1.807, 2.05) is 11.0 Å². The maximum absolute atomic E-state index is 15.1. The van der Waals surface area contributed by atoms with E-state index < -0.39 is 5.82 Å². The summed E-state index contributed by atoms with van der Waals surface area (Å²) in [6.07, 6.45) is 11.4. The van der Waals surface area contributed by atoms with Crippen LogP contribution in [-0.4, -0.2) is 42.4 Å². The zero-order valence-electron chi connectivity index (χ0n) is 27.5. The van der Waals surface area contributed by atoms with E-state index in [1.165, 1.54) is 62.3 Å². The van der Waals surface area contributed by atoms with Crippen molar-refractivity contribution < 1.29 is 14.0 Å². The highest BCUT2D eigenvalue weighted by Crippen LogP contribution is 2.40. The third-order valence-electron chi connectivity index (χ3n) is 10.3. The van der Waals surface area contributed by atoms with Gasteiger partial charge in [-0.3, -0.25) is 9.59 Å². The normalized spacial score (nSPS) is 20.5. The number of aryl methyl sites for hydroxylation is 2. The average molecular weight is 625 g/mol. The summed E-state index contributed by atoms with van der Waals surface area (Å²) in [7, 11) is 0. The Morgan fingerprint density at radius 2 is 1.59 bits per heavy atom. The molecule has 2 atom stereocenters. The number of carbonyl (C=O) groups excluding carboxylic acids is 2. The highest BCUT2D eigenvalue weighted by atomic mass is 19.1. The van der Waals surface area contributed by atoms with Crippen LogP contribution in [0.3, 0.4) is 0 Å². The van der Waals surface area contributed by atoms with Crippen LogP contribution in [0.1, 0.15) is 104 Å². The van der Waals surface area contributed by atoms with Gasteiger partial charge >= 0.3 is 0 Å². The van der Waals surface area contributed by atoms with E-state index in [1.54, 1.807) is 19.1 Å². The van der Waals surface area contributed by atoms with E-state index in [0.29, 0.717) is 18.2 Å². The molecule has 1 saturated carbocycles. The summed E-state index contributed by atoms with van der Waals surface area (Å²) in [6.45, 7) is 6.58. The van der Waals surface area contributed by atoms with Crippen LogP contribution >= 0.6 is 0 Å². The third kappa shape index (κ3) is 7.24. The number of nitrogens with one attached hydrogen (secondary N) is 2. The van der Waals surface area contributed by atoms with E-state index in [4.69, 9.17) is 0 Å². The molecule has 3 aromatic carbocycles. The van der Waals surface area contributed by atoms with Crippen molar-refractivity contribution in [2.24, 2.45) is 5.92 Å². The molecule has 1 unspecified atom stereocenters. The zero-order chi connectivity index (χ0) is 32.0. The Bertz CT molecular complexity index is 1490. The molecule has 3 aromatic rings. The maximum atomic E-state index is 15.1. The molecule has 2 N–H and O–H groups in total. The Kier molecular flexibility index (Phi) is 10.3. The lowest BCUT2D eigenvalue weighted by molar-refractivity contribution is -0.118. The van der Waals surface area contributed by atoms with Crippen LogP contribution in [0, 0.1) is 18.7 Å². The smallest absolute Gasteiger partial charge is 0.257 e. The number of amides is 2. The second-order valence-electron chi connectivity index (χ2n) is 13.5. The predicted octanol–water partition coefficient (Wildman–Crippen LogP) is 8.66. The third-order valence-corrected chi connectivity index (χ3v) is 10.3. The molecule has 2 aliphatic heterocycles. The molecule has 0 bridgehead atoms. The SMILES string of the molecule is CCc1ccc(NC(=O)CC2CCCN(C(=O)c3c(C)cccc3F)[C@H]2c2ccc(NC3CCCCC3)cc2)cc1N1CCCC1. The number of likely N-dealkylation sites (tertiary alicyclic amines) is 1. The molecule has 0 aromatic heterocycles. The van der Waals surface area contributed by atoms with Crippen LogP contribution in [0.2, 0.25) is 0 Å². The Labute approximate surface area is 273 Å². The van der Waals surface area contributed by atoms with Crippen LogP contribution in [0.25, 0.3) is 0 Å². The first-order chi connectivity index (χ1) is 22.4. The van der Waals surface area contributed by atoms with E-state index in [0.717, 1.165) is 49.3 Å². The van der Waals surface area contributed by atoms with Gasteiger partial charge in [0.1, 0.15) is 5.82 Å².